The van der Waals surface area contributed by atoms with Crippen molar-refractivity contribution >= 4 is 11.7 Å². The summed E-state index contributed by atoms with van der Waals surface area (Å²) in [6.45, 7) is 6.84. The first-order valence-corrected chi connectivity index (χ1v) is 9.19. The molecule has 2 aromatic rings. The predicted molar refractivity (Wildman–Crippen MR) is 99.5 cm³/mol. The van der Waals surface area contributed by atoms with Crippen LogP contribution in [0.2, 0.25) is 0 Å². The first-order valence-electron chi connectivity index (χ1n) is 9.19. The molecule has 0 aromatic carbocycles. The third kappa shape index (κ3) is 4.12. The first-order chi connectivity index (χ1) is 12.9. The maximum Gasteiger partial charge on any atom is 0.322 e. The van der Waals surface area contributed by atoms with E-state index in [0.29, 0.717) is 38.5 Å². The summed E-state index contributed by atoms with van der Waals surface area (Å²) in [5, 5.41) is 7.26. The van der Waals surface area contributed by atoms with E-state index in [0.717, 1.165) is 12.1 Å². The van der Waals surface area contributed by atoms with E-state index in [9.17, 15) is 4.79 Å². The number of nitrogens with zero attached hydrogens (tertiary/aromatic N) is 4. The molecule has 2 aliphatic heterocycles. The lowest BCUT2D eigenvalue weighted by Gasteiger charge is -2.47. The molecule has 2 amide bonds. The molecule has 8 nitrogen and oxygen atoms in total. The number of amides is 2. The van der Waals surface area contributed by atoms with Crippen molar-refractivity contribution in [3.8, 4) is 0 Å². The van der Waals surface area contributed by atoms with Crippen LogP contribution in [-0.2, 0) is 16.0 Å². The van der Waals surface area contributed by atoms with E-state index in [1.165, 1.54) is 0 Å². The van der Waals surface area contributed by atoms with E-state index in [1.54, 1.807) is 17.1 Å². The minimum atomic E-state index is -0.410. The Bertz CT molecular complexity index is 799. The summed E-state index contributed by atoms with van der Waals surface area (Å²) in [6.07, 6.45) is 6.03. The quantitative estimate of drug-likeness (QED) is 0.894. The van der Waals surface area contributed by atoms with E-state index < -0.39 is 11.2 Å². The zero-order valence-electron chi connectivity index (χ0n) is 15.7. The molecule has 27 heavy (non-hydrogen) atoms. The summed E-state index contributed by atoms with van der Waals surface area (Å²) in [6, 6.07) is 5.62. The van der Waals surface area contributed by atoms with Crippen LogP contribution < -0.4 is 5.32 Å². The first kappa shape index (κ1) is 17.9. The molecule has 1 spiro atoms. The Morgan fingerprint density at radius 3 is 2.96 bits per heavy atom. The number of hydrogen-bond donors (Lipinski definition) is 1. The van der Waals surface area contributed by atoms with Gasteiger partial charge in [0.15, 0.2) is 0 Å². The number of rotatable bonds is 3. The van der Waals surface area contributed by atoms with Crippen molar-refractivity contribution in [2.45, 2.75) is 38.0 Å². The van der Waals surface area contributed by atoms with Gasteiger partial charge >= 0.3 is 6.03 Å². The zero-order chi connectivity index (χ0) is 18.9. The van der Waals surface area contributed by atoms with Gasteiger partial charge in [-0.1, -0.05) is 6.07 Å². The smallest absolute Gasteiger partial charge is 0.322 e. The second-order valence-corrected chi connectivity index (χ2v) is 7.88. The van der Waals surface area contributed by atoms with Crippen LogP contribution in [0.3, 0.4) is 0 Å². The molecule has 0 bridgehead atoms. The molecule has 1 N–H and O–H groups in total. The summed E-state index contributed by atoms with van der Waals surface area (Å²) in [5.74, 6) is 0. The van der Waals surface area contributed by atoms with Crippen LogP contribution in [0.1, 0.15) is 26.0 Å². The number of carbonyl (C=O) groups excluding carboxylic acids is 1. The van der Waals surface area contributed by atoms with Crippen LogP contribution in [-0.4, -0.2) is 63.2 Å². The normalized spacial score (nSPS) is 24.3. The van der Waals surface area contributed by atoms with Crippen LogP contribution in [0, 0.1) is 0 Å². The lowest BCUT2D eigenvalue weighted by Crippen LogP contribution is -2.62. The van der Waals surface area contributed by atoms with Gasteiger partial charge in [0, 0.05) is 25.4 Å². The highest BCUT2D eigenvalue weighted by molar-refractivity contribution is 5.89. The van der Waals surface area contributed by atoms with Gasteiger partial charge in [-0.2, -0.15) is 5.10 Å². The highest BCUT2D eigenvalue weighted by Gasteiger charge is 2.48. The topological polar surface area (TPSA) is 81.5 Å². The lowest BCUT2D eigenvalue weighted by atomic mass is 9.95. The molecule has 8 heteroatoms. The molecular weight excluding hydrogens is 346 g/mol. The van der Waals surface area contributed by atoms with Crippen molar-refractivity contribution in [3.63, 3.8) is 0 Å². The number of aromatic nitrogens is 3. The van der Waals surface area contributed by atoms with Crippen molar-refractivity contribution in [2.24, 2.45) is 0 Å². The molecule has 2 fully saturated rings. The number of carbonyl (C=O) groups is 1. The van der Waals surface area contributed by atoms with Gasteiger partial charge in [-0.05, 0) is 26.0 Å². The van der Waals surface area contributed by atoms with Gasteiger partial charge in [0.1, 0.15) is 5.60 Å². The summed E-state index contributed by atoms with van der Waals surface area (Å²) < 4.78 is 13.5. The maximum absolute atomic E-state index is 12.8. The predicted octanol–water partition coefficient (Wildman–Crippen LogP) is 2.13. The largest absolute Gasteiger partial charge is 0.378 e. The number of urea groups is 1. The number of nitrogens with one attached hydrogen (secondary N) is 1. The Morgan fingerprint density at radius 1 is 1.33 bits per heavy atom. The van der Waals surface area contributed by atoms with E-state index in [2.05, 4.69) is 15.4 Å². The van der Waals surface area contributed by atoms with Crippen LogP contribution in [0.5, 0.6) is 0 Å². The Balaban J connectivity index is 1.41. The SMILES string of the molecule is CC1(C)CN(C(=O)Nc2cnn(Cc3ccccn3)c2)CC2(CCOC2)O1. The minimum Gasteiger partial charge on any atom is -0.378 e. The van der Waals surface area contributed by atoms with Crippen molar-refractivity contribution in [1.82, 2.24) is 19.7 Å². The summed E-state index contributed by atoms with van der Waals surface area (Å²) in [7, 11) is 0. The van der Waals surface area contributed by atoms with Gasteiger partial charge in [-0.15, -0.1) is 0 Å². The average Bonchev–Trinajstić information content (AvgIpc) is 3.24. The molecule has 2 aromatic heterocycles. The van der Waals surface area contributed by atoms with Gasteiger partial charge in [0.05, 0.1) is 49.4 Å². The maximum atomic E-state index is 12.8. The Morgan fingerprint density at radius 2 is 2.22 bits per heavy atom. The van der Waals surface area contributed by atoms with Crippen molar-refractivity contribution in [1.29, 1.82) is 0 Å². The third-order valence-electron chi connectivity index (χ3n) is 4.83. The fraction of sp³-hybridized carbons (Fsp3) is 0.526. The van der Waals surface area contributed by atoms with E-state index in [4.69, 9.17) is 9.47 Å². The van der Waals surface area contributed by atoms with Crippen LogP contribution in [0.15, 0.2) is 36.8 Å². The molecule has 2 saturated heterocycles. The number of hydrogen-bond acceptors (Lipinski definition) is 5. The molecule has 144 valence electrons. The van der Waals surface area contributed by atoms with Gasteiger partial charge in [-0.3, -0.25) is 9.67 Å². The second kappa shape index (κ2) is 6.94. The monoisotopic (exact) mass is 371 g/mol. The molecule has 4 rings (SSSR count). The average molecular weight is 371 g/mol. The number of morpholine rings is 1. The van der Waals surface area contributed by atoms with Crippen LogP contribution in [0.25, 0.3) is 0 Å². The zero-order valence-corrected chi connectivity index (χ0v) is 15.7. The number of ether oxygens (including phenoxy) is 2. The molecule has 4 heterocycles. The van der Waals surface area contributed by atoms with Gasteiger partial charge in [-0.25, -0.2) is 4.79 Å². The summed E-state index contributed by atoms with van der Waals surface area (Å²) in [4.78, 5) is 18.9. The van der Waals surface area contributed by atoms with Crippen molar-refractivity contribution in [3.05, 3.63) is 42.5 Å². The number of pyridine rings is 1. The highest BCUT2D eigenvalue weighted by Crippen LogP contribution is 2.34. The van der Waals surface area contributed by atoms with Crippen molar-refractivity contribution < 1.29 is 14.3 Å². The fourth-order valence-electron chi connectivity index (χ4n) is 3.83. The van der Waals surface area contributed by atoms with Crippen molar-refractivity contribution in [2.75, 3.05) is 31.6 Å². The summed E-state index contributed by atoms with van der Waals surface area (Å²) in [5.41, 5.74) is 0.767. The number of anilines is 1. The molecule has 2 aliphatic rings. The van der Waals surface area contributed by atoms with Gasteiger partial charge in [0.2, 0.25) is 0 Å². The Labute approximate surface area is 158 Å². The highest BCUT2D eigenvalue weighted by atomic mass is 16.6. The lowest BCUT2D eigenvalue weighted by molar-refractivity contribution is -0.185. The minimum absolute atomic E-state index is 0.143. The fourth-order valence-corrected chi connectivity index (χ4v) is 3.83. The molecule has 0 saturated carbocycles. The van der Waals surface area contributed by atoms with Gasteiger partial charge in [0.25, 0.3) is 0 Å². The Kier molecular flexibility index (Phi) is 4.61. The molecular formula is C19H25N5O3. The molecule has 0 radical (unpaired) electrons. The van der Waals surface area contributed by atoms with Gasteiger partial charge < -0.3 is 19.7 Å². The third-order valence-corrected chi connectivity index (χ3v) is 4.83. The Hall–Kier alpha value is -2.45. The van der Waals surface area contributed by atoms with Crippen LogP contribution >= 0.6 is 0 Å². The standard InChI is InChI=1S/C19H25N5O3/c1-18(2)12-23(13-19(27-18)6-8-26-14-19)17(25)22-16-9-21-24(11-16)10-15-5-3-4-7-20-15/h3-5,7,9,11H,6,8,10,12-14H2,1-2H3,(H,22,25). The molecule has 1 unspecified atom stereocenters. The van der Waals surface area contributed by atoms with E-state index in [-0.39, 0.29) is 6.03 Å². The van der Waals surface area contributed by atoms with E-state index >= 15 is 0 Å². The molecule has 1 atom stereocenters. The summed E-state index contributed by atoms with van der Waals surface area (Å²) >= 11 is 0. The van der Waals surface area contributed by atoms with Crippen LogP contribution in [0.4, 0.5) is 10.5 Å². The van der Waals surface area contributed by atoms with E-state index in [1.807, 2.05) is 43.1 Å². The second-order valence-electron chi connectivity index (χ2n) is 7.88. The molecule has 0 aliphatic carbocycles.